The van der Waals surface area contributed by atoms with Crippen molar-refractivity contribution in [2.75, 3.05) is 5.32 Å². The summed E-state index contributed by atoms with van der Waals surface area (Å²) in [6.45, 7) is 0.412. The normalized spacial score (nSPS) is 14.0. The summed E-state index contributed by atoms with van der Waals surface area (Å²) in [7, 11) is 0. The Kier molecular flexibility index (Phi) is 4.19. The molecule has 1 aliphatic rings. The summed E-state index contributed by atoms with van der Waals surface area (Å²) in [6, 6.07) is 19.6. The molecule has 0 spiro atoms. The van der Waals surface area contributed by atoms with Crippen molar-refractivity contribution < 1.29 is 9.59 Å². The molecule has 2 amide bonds. The highest BCUT2D eigenvalue weighted by molar-refractivity contribution is 6.03. The predicted molar refractivity (Wildman–Crippen MR) is 98.4 cm³/mol. The molecule has 3 aromatic rings. The summed E-state index contributed by atoms with van der Waals surface area (Å²) >= 11 is 0. The lowest BCUT2D eigenvalue weighted by Gasteiger charge is -2.27. The van der Waals surface area contributed by atoms with E-state index in [1.807, 2.05) is 48.5 Å². The second-order valence-electron chi connectivity index (χ2n) is 6.13. The zero-order valence-corrected chi connectivity index (χ0v) is 14.0. The Bertz CT molecular complexity index is 942. The van der Waals surface area contributed by atoms with Gasteiger partial charge in [0.2, 0.25) is 0 Å². The van der Waals surface area contributed by atoms with Gasteiger partial charge in [0.05, 0.1) is 11.9 Å². The van der Waals surface area contributed by atoms with E-state index in [0.29, 0.717) is 17.8 Å². The number of fused-ring (bicyclic) bond motifs is 1. The van der Waals surface area contributed by atoms with Gasteiger partial charge in [0.1, 0.15) is 6.04 Å². The van der Waals surface area contributed by atoms with Gasteiger partial charge in [-0.1, -0.05) is 48.5 Å². The number of benzene rings is 2. The number of carbonyl (C=O) groups excluding carboxylic acids is 2. The van der Waals surface area contributed by atoms with Crippen LogP contribution in [0.4, 0.5) is 5.69 Å². The fourth-order valence-corrected chi connectivity index (χ4v) is 3.24. The first-order chi connectivity index (χ1) is 12.7. The molecule has 0 unspecified atom stereocenters. The Balaban J connectivity index is 1.69. The van der Waals surface area contributed by atoms with E-state index >= 15 is 0 Å². The number of nitrogens with one attached hydrogen (secondary N) is 1. The molecule has 128 valence electrons. The van der Waals surface area contributed by atoms with E-state index in [1.165, 1.54) is 0 Å². The van der Waals surface area contributed by atoms with E-state index in [9.17, 15) is 9.59 Å². The van der Waals surface area contributed by atoms with Crippen LogP contribution in [0.5, 0.6) is 0 Å². The van der Waals surface area contributed by atoms with Crippen molar-refractivity contribution in [2.45, 2.75) is 12.6 Å². The van der Waals surface area contributed by atoms with Crippen LogP contribution >= 0.6 is 0 Å². The predicted octanol–water partition coefficient (Wildman–Crippen LogP) is 3.42. The minimum absolute atomic E-state index is 0.129. The molecule has 5 heteroatoms. The molecule has 26 heavy (non-hydrogen) atoms. The highest BCUT2D eigenvalue weighted by Gasteiger charge is 2.37. The van der Waals surface area contributed by atoms with E-state index in [2.05, 4.69) is 10.3 Å². The third-order valence-electron chi connectivity index (χ3n) is 4.45. The smallest absolute Gasteiger partial charge is 0.255 e. The lowest BCUT2D eigenvalue weighted by Crippen LogP contribution is -2.37. The number of hydrogen-bond donors (Lipinski definition) is 1. The molecule has 1 N–H and O–H groups in total. The van der Waals surface area contributed by atoms with Gasteiger partial charge in [-0.15, -0.1) is 0 Å². The van der Waals surface area contributed by atoms with Crippen molar-refractivity contribution in [3.63, 3.8) is 0 Å². The van der Waals surface area contributed by atoms with E-state index in [-0.39, 0.29) is 11.8 Å². The summed E-state index contributed by atoms with van der Waals surface area (Å²) in [6.07, 6.45) is 3.23. The summed E-state index contributed by atoms with van der Waals surface area (Å²) in [4.78, 5) is 31.6. The first-order valence-corrected chi connectivity index (χ1v) is 8.39. The molecule has 0 fully saturated rings. The van der Waals surface area contributed by atoms with Gasteiger partial charge in [0.25, 0.3) is 11.8 Å². The van der Waals surface area contributed by atoms with Crippen LogP contribution in [0, 0.1) is 0 Å². The summed E-state index contributed by atoms with van der Waals surface area (Å²) < 4.78 is 0. The van der Waals surface area contributed by atoms with Crippen molar-refractivity contribution >= 4 is 17.5 Å². The van der Waals surface area contributed by atoms with Crippen LogP contribution in [0.3, 0.4) is 0 Å². The van der Waals surface area contributed by atoms with Crippen LogP contribution < -0.4 is 5.32 Å². The van der Waals surface area contributed by atoms with Gasteiger partial charge in [-0.05, 0) is 29.3 Å². The highest BCUT2D eigenvalue weighted by atomic mass is 16.2. The fraction of sp³-hybridized carbons (Fsp3) is 0.0952. The van der Waals surface area contributed by atoms with Crippen LogP contribution in [-0.2, 0) is 11.3 Å². The van der Waals surface area contributed by atoms with Gasteiger partial charge in [-0.2, -0.15) is 0 Å². The summed E-state index contributed by atoms with van der Waals surface area (Å²) in [5.74, 6) is -0.388. The minimum atomic E-state index is -0.712. The SMILES string of the molecule is O=C(Nc1cccnc1)[C@H](c1ccccc1)N1Cc2ccccc2C1=O. The molecule has 0 saturated carbocycles. The first kappa shape index (κ1) is 16.0. The number of amides is 2. The van der Waals surface area contributed by atoms with Crippen LogP contribution in [0.25, 0.3) is 0 Å². The maximum Gasteiger partial charge on any atom is 0.255 e. The van der Waals surface area contributed by atoms with E-state index in [0.717, 1.165) is 11.1 Å². The lowest BCUT2D eigenvalue weighted by atomic mass is 10.0. The van der Waals surface area contributed by atoms with Crippen molar-refractivity contribution in [1.82, 2.24) is 9.88 Å². The van der Waals surface area contributed by atoms with E-state index in [4.69, 9.17) is 0 Å². The van der Waals surface area contributed by atoms with Gasteiger partial charge in [0.15, 0.2) is 0 Å². The molecule has 1 aromatic heterocycles. The largest absolute Gasteiger partial charge is 0.323 e. The zero-order valence-electron chi connectivity index (χ0n) is 14.0. The second kappa shape index (κ2) is 6.80. The maximum absolute atomic E-state index is 13.1. The molecule has 0 aliphatic carbocycles. The minimum Gasteiger partial charge on any atom is -0.323 e. The molecule has 2 heterocycles. The fourth-order valence-electron chi connectivity index (χ4n) is 3.24. The van der Waals surface area contributed by atoms with E-state index in [1.54, 1.807) is 35.5 Å². The average Bonchev–Trinajstić information content (AvgIpc) is 3.00. The number of pyridine rings is 1. The van der Waals surface area contributed by atoms with E-state index < -0.39 is 6.04 Å². The quantitative estimate of drug-likeness (QED) is 0.789. The van der Waals surface area contributed by atoms with Crippen molar-refractivity contribution in [2.24, 2.45) is 0 Å². The Labute approximate surface area is 151 Å². The molecule has 0 bridgehead atoms. The molecule has 1 aliphatic heterocycles. The molecule has 0 radical (unpaired) electrons. The van der Waals surface area contributed by atoms with Crippen LogP contribution in [0.15, 0.2) is 79.1 Å². The lowest BCUT2D eigenvalue weighted by molar-refractivity contribution is -0.120. The van der Waals surface area contributed by atoms with Crippen molar-refractivity contribution in [1.29, 1.82) is 0 Å². The number of carbonyl (C=O) groups is 2. The Morgan fingerprint density at radius 2 is 1.77 bits per heavy atom. The molecule has 2 aromatic carbocycles. The standard InChI is InChI=1S/C21H17N3O2/c25-20(23-17-10-6-12-22-13-17)19(15-7-2-1-3-8-15)24-14-16-9-4-5-11-18(16)21(24)26/h1-13,19H,14H2,(H,23,25)/t19-/m0/s1. The number of hydrogen-bond acceptors (Lipinski definition) is 3. The van der Waals surface area contributed by atoms with Crippen molar-refractivity contribution in [3.05, 3.63) is 95.8 Å². The number of aromatic nitrogens is 1. The summed E-state index contributed by atoms with van der Waals surface area (Å²) in [5, 5.41) is 2.87. The number of nitrogens with zero attached hydrogens (tertiary/aromatic N) is 2. The highest BCUT2D eigenvalue weighted by Crippen LogP contribution is 2.32. The molecule has 5 nitrogen and oxygen atoms in total. The molecule has 4 rings (SSSR count). The number of rotatable bonds is 4. The first-order valence-electron chi connectivity index (χ1n) is 8.39. The Hall–Kier alpha value is -3.47. The second-order valence-corrected chi connectivity index (χ2v) is 6.13. The topological polar surface area (TPSA) is 62.3 Å². The maximum atomic E-state index is 13.1. The molecular weight excluding hydrogens is 326 g/mol. The van der Waals surface area contributed by atoms with Crippen LogP contribution in [0.2, 0.25) is 0 Å². The monoisotopic (exact) mass is 343 g/mol. The van der Waals surface area contributed by atoms with Crippen molar-refractivity contribution in [3.8, 4) is 0 Å². The van der Waals surface area contributed by atoms with Gasteiger partial charge in [-0.25, -0.2) is 0 Å². The summed E-state index contributed by atoms with van der Waals surface area (Å²) in [5.41, 5.74) is 2.97. The average molecular weight is 343 g/mol. The Morgan fingerprint density at radius 1 is 1.00 bits per heavy atom. The molecule has 1 atom stereocenters. The van der Waals surface area contributed by atoms with Gasteiger partial charge in [-0.3, -0.25) is 14.6 Å². The van der Waals surface area contributed by atoms with Gasteiger partial charge < -0.3 is 10.2 Å². The third kappa shape index (κ3) is 2.95. The number of anilines is 1. The van der Waals surface area contributed by atoms with Crippen LogP contribution in [0.1, 0.15) is 27.5 Å². The molecular formula is C21H17N3O2. The third-order valence-corrected chi connectivity index (χ3v) is 4.45. The zero-order chi connectivity index (χ0) is 17.9. The van der Waals surface area contributed by atoms with Gasteiger partial charge >= 0.3 is 0 Å². The molecule has 0 saturated heterocycles. The Morgan fingerprint density at radius 3 is 2.50 bits per heavy atom. The van der Waals surface area contributed by atoms with Gasteiger partial charge in [0, 0.05) is 18.3 Å². The van der Waals surface area contributed by atoms with Crippen LogP contribution in [-0.4, -0.2) is 21.7 Å².